The number of benzene rings is 2. The fourth-order valence-electron chi connectivity index (χ4n) is 5.48. The number of ether oxygens (including phenoxy) is 1. The van der Waals surface area contributed by atoms with Gasteiger partial charge in [-0.25, -0.2) is 18.9 Å². The van der Waals surface area contributed by atoms with Crippen molar-refractivity contribution in [2.75, 3.05) is 14.1 Å². The van der Waals surface area contributed by atoms with Crippen LogP contribution in [-0.2, 0) is 24.0 Å². The largest absolute Gasteiger partial charge is 0.481 e. The molecule has 0 spiro atoms. The molecule has 0 radical (unpaired) electrons. The maximum atomic E-state index is 15.2. The minimum absolute atomic E-state index is 0.0130. The molecule has 0 amide bonds. The van der Waals surface area contributed by atoms with E-state index in [-0.39, 0.29) is 28.8 Å². The van der Waals surface area contributed by atoms with Gasteiger partial charge in [0.2, 0.25) is 5.88 Å². The van der Waals surface area contributed by atoms with Gasteiger partial charge in [0, 0.05) is 49.0 Å². The zero-order valence-electron chi connectivity index (χ0n) is 21.1. The number of rotatable bonds is 6. The molecule has 1 aliphatic heterocycles. The maximum Gasteiger partial charge on any atom is 0.417 e. The van der Waals surface area contributed by atoms with E-state index in [0.29, 0.717) is 23.9 Å². The predicted octanol–water partition coefficient (Wildman–Crippen LogP) is 4.55. The lowest BCUT2D eigenvalue weighted by Gasteiger charge is -2.17. The number of carboxylic acids is 1. The summed E-state index contributed by atoms with van der Waals surface area (Å²) < 4.78 is 77.3. The monoisotopic (exact) mass is 559 g/mol. The minimum atomic E-state index is -4.95. The van der Waals surface area contributed by atoms with Crippen LogP contribution < -0.4 is 10.2 Å². The van der Waals surface area contributed by atoms with Gasteiger partial charge in [0.25, 0.3) is 0 Å². The first-order valence-electron chi connectivity index (χ1n) is 12.3. The molecule has 13 heteroatoms. The van der Waals surface area contributed by atoms with Crippen LogP contribution in [0.4, 0.5) is 22.0 Å². The number of halogens is 5. The van der Waals surface area contributed by atoms with E-state index in [2.05, 4.69) is 15.5 Å². The van der Waals surface area contributed by atoms with Crippen LogP contribution >= 0.6 is 0 Å². The van der Waals surface area contributed by atoms with Gasteiger partial charge in [0.15, 0.2) is 5.84 Å². The second kappa shape index (κ2) is 9.15. The summed E-state index contributed by atoms with van der Waals surface area (Å²) in [4.78, 5) is 15.5. The maximum absolute atomic E-state index is 15.2. The van der Waals surface area contributed by atoms with Crippen LogP contribution in [0.25, 0.3) is 11.1 Å². The highest BCUT2D eigenvalue weighted by Gasteiger charge is 2.60. The summed E-state index contributed by atoms with van der Waals surface area (Å²) in [7, 11) is 3.33. The number of aliphatic carboxylic acids is 1. The topological polar surface area (TPSA) is 90.3 Å². The highest BCUT2D eigenvalue weighted by molar-refractivity contribution is 5.99. The molecule has 0 unspecified atom stereocenters. The van der Waals surface area contributed by atoms with Gasteiger partial charge in [-0.15, -0.1) is 10.2 Å². The molecule has 3 aliphatic rings. The summed E-state index contributed by atoms with van der Waals surface area (Å²) in [6, 6.07) is 6.58. The van der Waals surface area contributed by atoms with E-state index in [9.17, 15) is 27.5 Å². The highest BCUT2D eigenvalue weighted by Crippen LogP contribution is 2.61. The van der Waals surface area contributed by atoms with Crippen molar-refractivity contribution >= 4 is 11.8 Å². The molecule has 2 N–H and O–H groups in total. The number of hydrogen-bond acceptors (Lipinski definition) is 7. The highest BCUT2D eigenvalue weighted by atomic mass is 19.4. The Morgan fingerprint density at radius 3 is 2.55 bits per heavy atom. The first kappa shape index (κ1) is 26.0. The van der Waals surface area contributed by atoms with Crippen LogP contribution in [0.3, 0.4) is 0 Å². The van der Waals surface area contributed by atoms with E-state index in [1.165, 1.54) is 28.6 Å². The molecule has 1 aromatic heterocycles. The average molecular weight is 559 g/mol. The van der Waals surface area contributed by atoms with E-state index in [0.717, 1.165) is 23.3 Å². The molecular formula is C27H22F5N5O3. The number of pyridine rings is 1. The molecule has 3 atom stereocenters. The molecule has 0 saturated heterocycles. The Hall–Kier alpha value is -4.26. The van der Waals surface area contributed by atoms with Gasteiger partial charge in [-0.3, -0.25) is 10.2 Å². The SMILES string of the molecule is CN1N=C(c2ccc(-c3cc(COc4cc5c(cn4)[C@H]4[C@@H](C5)[C@@H]4C(=O)O)c(F)cc3C(F)(F)F)c(F)c2)NN1C. The van der Waals surface area contributed by atoms with Gasteiger partial charge in [0.05, 0.1) is 11.5 Å². The van der Waals surface area contributed by atoms with Gasteiger partial charge in [-0.05, 0) is 47.2 Å². The van der Waals surface area contributed by atoms with E-state index >= 15 is 4.39 Å². The Morgan fingerprint density at radius 2 is 1.90 bits per heavy atom. The molecule has 2 aromatic carbocycles. The Bertz CT molecular complexity index is 1580. The first-order valence-corrected chi connectivity index (χ1v) is 12.3. The molecule has 3 aromatic rings. The molecule has 1 saturated carbocycles. The first-order chi connectivity index (χ1) is 18.9. The lowest BCUT2D eigenvalue weighted by Crippen LogP contribution is -2.38. The van der Waals surface area contributed by atoms with Gasteiger partial charge < -0.3 is 9.84 Å². The normalized spacial score (nSPS) is 21.5. The number of alkyl halides is 3. The summed E-state index contributed by atoms with van der Waals surface area (Å²) in [5.41, 5.74) is 2.48. The summed E-state index contributed by atoms with van der Waals surface area (Å²) in [6.07, 6.45) is -2.86. The van der Waals surface area contributed by atoms with Crippen LogP contribution in [0.5, 0.6) is 5.88 Å². The molecule has 2 heterocycles. The van der Waals surface area contributed by atoms with E-state index < -0.39 is 47.4 Å². The van der Waals surface area contributed by atoms with Crippen molar-refractivity contribution in [2.45, 2.75) is 25.1 Å². The number of carbonyl (C=O) groups is 1. The molecule has 40 heavy (non-hydrogen) atoms. The summed E-state index contributed by atoms with van der Waals surface area (Å²) in [5, 5.41) is 16.4. The number of hydrogen-bond donors (Lipinski definition) is 2. The fraction of sp³-hybridized carbons (Fsp3) is 0.296. The zero-order chi connectivity index (χ0) is 28.5. The number of hydrazone groups is 1. The van der Waals surface area contributed by atoms with Gasteiger partial charge in [-0.2, -0.15) is 13.2 Å². The van der Waals surface area contributed by atoms with Crippen molar-refractivity contribution in [3.05, 3.63) is 82.0 Å². The number of hydrazine groups is 2. The smallest absolute Gasteiger partial charge is 0.417 e. The molecule has 8 nitrogen and oxygen atoms in total. The Morgan fingerprint density at radius 1 is 1.12 bits per heavy atom. The van der Waals surface area contributed by atoms with Crippen LogP contribution in [0.2, 0.25) is 0 Å². The predicted molar refractivity (Wildman–Crippen MR) is 132 cm³/mol. The number of amidine groups is 1. The second-order valence-electron chi connectivity index (χ2n) is 10.0. The van der Waals surface area contributed by atoms with Crippen LogP contribution in [0.1, 0.15) is 33.7 Å². The van der Waals surface area contributed by atoms with Crippen molar-refractivity contribution in [1.82, 2.24) is 20.6 Å². The Kier molecular flexibility index (Phi) is 5.95. The number of carboxylic acid groups (broad SMARTS) is 1. The van der Waals surface area contributed by atoms with Gasteiger partial charge in [-0.1, -0.05) is 12.1 Å². The second-order valence-corrected chi connectivity index (χ2v) is 10.0. The van der Waals surface area contributed by atoms with Crippen molar-refractivity contribution in [1.29, 1.82) is 0 Å². The molecule has 6 rings (SSSR count). The third-order valence-electron chi connectivity index (χ3n) is 7.61. The minimum Gasteiger partial charge on any atom is -0.481 e. The number of fused-ring (bicyclic) bond motifs is 3. The van der Waals surface area contributed by atoms with Gasteiger partial charge in [0.1, 0.15) is 18.2 Å². The number of nitrogens with one attached hydrogen (secondary N) is 1. The van der Waals surface area contributed by atoms with E-state index in [4.69, 9.17) is 4.74 Å². The summed E-state index contributed by atoms with van der Waals surface area (Å²) in [5.74, 6) is -3.00. The van der Waals surface area contributed by atoms with Gasteiger partial charge >= 0.3 is 12.1 Å². The lowest BCUT2D eigenvalue weighted by atomic mass is 9.95. The molecule has 208 valence electrons. The third-order valence-corrected chi connectivity index (χ3v) is 7.61. The van der Waals surface area contributed by atoms with Crippen molar-refractivity contribution in [2.24, 2.45) is 16.9 Å². The van der Waals surface area contributed by atoms with Crippen molar-refractivity contribution < 1.29 is 36.6 Å². The standard InChI is InChI=1S/C27H22F5N5O3/c1-36-34-25(35-37(36)2)12-3-4-15(21(29)7-12)16-6-14(20(28)9-19(16)27(30,31)32)11-40-22-8-13-5-17-23(18(13)10-33-22)24(17)26(38)39/h3-4,6-10,17,23-24H,5,11H2,1-2H3,(H,34,35)(H,38,39)/t17-,23-,24+/m1/s1. The van der Waals surface area contributed by atoms with Crippen molar-refractivity contribution in [3.8, 4) is 17.0 Å². The quantitative estimate of drug-likeness (QED) is 0.429. The molecule has 0 bridgehead atoms. The Labute approximate surface area is 224 Å². The fourth-order valence-corrected chi connectivity index (χ4v) is 5.48. The number of nitrogens with zero attached hydrogens (tertiary/aromatic N) is 4. The van der Waals surface area contributed by atoms with Crippen LogP contribution in [0, 0.1) is 23.5 Å². The Balaban J connectivity index is 1.27. The molecular weight excluding hydrogens is 537 g/mol. The summed E-state index contributed by atoms with van der Waals surface area (Å²) in [6.45, 7) is -0.452. The lowest BCUT2D eigenvalue weighted by molar-refractivity contribution is -0.139. The van der Waals surface area contributed by atoms with Crippen molar-refractivity contribution in [3.63, 3.8) is 0 Å². The van der Waals surface area contributed by atoms with Crippen LogP contribution in [0.15, 0.2) is 47.7 Å². The third kappa shape index (κ3) is 4.39. The molecule has 2 aliphatic carbocycles. The van der Waals surface area contributed by atoms with E-state index in [1.54, 1.807) is 20.2 Å². The molecule has 1 fully saturated rings. The van der Waals surface area contributed by atoms with Crippen LogP contribution in [-0.4, -0.2) is 46.2 Å². The zero-order valence-corrected chi connectivity index (χ0v) is 21.1. The average Bonchev–Trinajstić information content (AvgIpc) is 3.33. The summed E-state index contributed by atoms with van der Waals surface area (Å²) >= 11 is 0. The van der Waals surface area contributed by atoms with E-state index in [1.807, 2.05) is 0 Å². The number of aromatic nitrogens is 1.